The van der Waals surface area contributed by atoms with Crippen LogP contribution >= 0.6 is 0 Å². The van der Waals surface area contributed by atoms with E-state index in [4.69, 9.17) is 0 Å². The molecule has 0 saturated heterocycles. The lowest BCUT2D eigenvalue weighted by Gasteiger charge is -2.45. The molecule has 3 aliphatic rings. The van der Waals surface area contributed by atoms with Crippen molar-refractivity contribution in [3.8, 4) is 0 Å². The Morgan fingerprint density at radius 1 is 1.13 bits per heavy atom. The summed E-state index contributed by atoms with van der Waals surface area (Å²) in [5.74, 6) is 0.837. The molecule has 3 rings (SSSR count). The highest BCUT2D eigenvalue weighted by atomic mass is 14.7. The maximum Gasteiger partial charge on any atom is -0.0141 e. The third-order valence-corrected chi connectivity index (χ3v) is 6.88. The summed E-state index contributed by atoms with van der Waals surface area (Å²) < 4.78 is 0. The van der Waals surface area contributed by atoms with Crippen LogP contribution < -0.4 is 0 Å². The van der Waals surface area contributed by atoms with Crippen molar-refractivity contribution in [3.63, 3.8) is 0 Å². The van der Waals surface area contributed by atoms with Crippen LogP contribution in [0.25, 0.3) is 0 Å². The van der Waals surface area contributed by atoms with Crippen molar-refractivity contribution in [2.45, 2.75) is 59.3 Å². The van der Waals surface area contributed by atoms with Gasteiger partial charge in [0.15, 0.2) is 0 Å². The van der Waals surface area contributed by atoms with Gasteiger partial charge in [-0.3, -0.25) is 0 Å². The van der Waals surface area contributed by atoms with E-state index in [-0.39, 0.29) is 0 Å². The second-order valence-electron chi connectivity index (χ2n) is 7.08. The summed E-state index contributed by atoms with van der Waals surface area (Å²) >= 11 is 0. The number of hydrogen-bond donors (Lipinski definition) is 0. The van der Waals surface area contributed by atoms with Crippen LogP contribution in [0.15, 0.2) is 12.2 Å². The van der Waals surface area contributed by atoms with Crippen LogP contribution in [-0.4, -0.2) is 0 Å². The molecule has 0 radical (unpaired) electrons. The third-order valence-electron chi connectivity index (χ3n) is 6.88. The molecule has 15 heavy (non-hydrogen) atoms. The fraction of sp³-hybridized carbons (Fsp3) is 0.867. The molecule has 3 saturated carbocycles. The number of allylic oxidation sites excluding steroid dienone is 1. The summed E-state index contributed by atoms with van der Waals surface area (Å²) in [7, 11) is 0. The van der Waals surface area contributed by atoms with Gasteiger partial charge in [-0.15, -0.1) is 0 Å². The van der Waals surface area contributed by atoms with E-state index in [1.807, 2.05) is 0 Å². The first kappa shape index (κ1) is 9.93. The Hall–Kier alpha value is -0.260. The second-order valence-corrected chi connectivity index (χ2v) is 7.08. The Bertz CT molecular complexity index is 329. The molecule has 0 aromatic rings. The fourth-order valence-electron chi connectivity index (χ4n) is 5.41. The molecule has 0 aromatic heterocycles. The summed E-state index contributed by atoms with van der Waals surface area (Å²) in [6.07, 6.45) is 8.48. The molecular formula is C15H24. The lowest BCUT2D eigenvalue weighted by Crippen LogP contribution is -2.38. The Morgan fingerprint density at radius 2 is 1.87 bits per heavy atom. The van der Waals surface area contributed by atoms with Gasteiger partial charge in [0.1, 0.15) is 0 Å². The fourth-order valence-corrected chi connectivity index (χ4v) is 5.41. The van der Waals surface area contributed by atoms with Gasteiger partial charge in [-0.2, -0.15) is 0 Å². The van der Waals surface area contributed by atoms with Crippen molar-refractivity contribution >= 4 is 0 Å². The van der Waals surface area contributed by atoms with Gasteiger partial charge in [-0.05, 0) is 54.3 Å². The van der Waals surface area contributed by atoms with Gasteiger partial charge >= 0.3 is 0 Å². The number of rotatable bonds is 0. The molecular weight excluding hydrogens is 180 g/mol. The molecule has 0 spiro atoms. The van der Waals surface area contributed by atoms with Gasteiger partial charge in [-0.25, -0.2) is 0 Å². The van der Waals surface area contributed by atoms with E-state index in [1.165, 1.54) is 38.5 Å². The molecule has 3 aliphatic carbocycles. The molecule has 0 heteroatoms. The first-order chi connectivity index (χ1) is 6.93. The Kier molecular flexibility index (Phi) is 1.67. The maximum absolute atomic E-state index is 4.36. The van der Waals surface area contributed by atoms with Gasteiger partial charge < -0.3 is 0 Å². The molecule has 0 N–H and O–H groups in total. The van der Waals surface area contributed by atoms with Crippen LogP contribution in [0.1, 0.15) is 59.3 Å². The molecule has 4 atom stereocenters. The third kappa shape index (κ3) is 0.867. The largest absolute Gasteiger partial charge is 0.0996 e. The highest BCUT2D eigenvalue weighted by Gasteiger charge is 2.68. The average molecular weight is 204 g/mol. The summed E-state index contributed by atoms with van der Waals surface area (Å²) in [5, 5.41) is 0. The monoisotopic (exact) mass is 204 g/mol. The standard InChI is InChI=1S/C15H24/c1-11-6-9-13(2)10-12(11)14(3)7-5-8-15(13,14)4/h12H,1,5-10H2,2-4H3/t12-,13-,14+,15-/m1/s1. The second kappa shape index (κ2) is 2.52. The minimum atomic E-state index is 0.579. The van der Waals surface area contributed by atoms with E-state index in [2.05, 4.69) is 27.4 Å². The highest BCUT2D eigenvalue weighted by Crippen LogP contribution is 2.76. The molecule has 0 aliphatic heterocycles. The summed E-state index contributed by atoms with van der Waals surface area (Å²) in [6, 6.07) is 0. The van der Waals surface area contributed by atoms with E-state index in [1.54, 1.807) is 5.57 Å². The van der Waals surface area contributed by atoms with Crippen LogP contribution in [0, 0.1) is 22.2 Å². The summed E-state index contributed by atoms with van der Waals surface area (Å²) in [5.41, 5.74) is 3.37. The lowest BCUT2D eigenvalue weighted by atomic mass is 9.59. The van der Waals surface area contributed by atoms with Gasteiger partial charge in [-0.1, -0.05) is 39.3 Å². The first-order valence-corrected chi connectivity index (χ1v) is 6.61. The normalized spacial score (nSPS) is 58.3. The summed E-state index contributed by atoms with van der Waals surface area (Å²) in [4.78, 5) is 0. The van der Waals surface area contributed by atoms with E-state index in [9.17, 15) is 0 Å². The van der Waals surface area contributed by atoms with Crippen molar-refractivity contribution in [1.29, 1.82) is 0 Å². The Morgan fingerprint density at radius 3 is 2.60 bits per heavy atom. The van der Waals surface area contributed by atoms with Gasteiger partial charge in [0, 0.05) is 0 Å². The van der Waals surface area contributed by atoms with E-state index < -0.39 is 0 Å². The van der Waals surface area contributed by atoms with Gasteiger partial charge in [0.2, 0.25) is 0 Å². The smallest absolute Gasteiger partial charge is 0.0141 e. The first-order valence-electron chi connectivity index (χ1n) is 6.61. The minimum absolute atomic E-state index is 0.579. The molecule has 84 valence electrons. The number of hydrogen-bond acceptors (Lipinski definition) is 0. The molecule has 0 nitrogen and oxygen atoms in total. The zero-order chi connectivity index (χ0) is 10.9. The zero-order valence-corrected chi connectivity index (χ0v) is 10.5. The van der Waals surface area contributed by atoms with Crippen molar-refractivity contribution in [2.75, 3.05) is 0 Å². The topological polar surface area (TPSA) is 0 Å². The van der Waals surface area contributed by atoms with Crippen molar-refractivity contribution in [1.82, 2.24) is 0 Å². The molecule has 2 bridgehead atoms. The van der Waals surface area contributed by atoms with Gasteiger partial charge in [0.05, 0.1) is 0 Å². The van der Waals surface area contributed by atoms with Crippen molar-refractivity contribution in [3.05, 3.63) is 12.2 Å². The van der Waals surface area contributed by atoms with E-state index in [0.29, 0.717) is 16.2 Å². The van der Waals surface area contributed by atoms with E-state index >= 15 is 0 Å². The van der Waals surface area contributed by atoms with Crippen LogP contribution in [0.4, 0.5) is 0 Å². The Balaban J connectivity index is 2.16. The molecule has 0 aromatic carbocycles. The maximum atomic E-state index is 4.36. The van der Waals surface area contributed by atoms with Crippen LogP contribution in [0.3, 0.4) is 0 Å². The zero-order valence-electron chi connectivity index (χ0n) is 10.5. The van der Waals surface area contributed by atoms with Crippen molar-refractivity contribution < 1.29 is 0 Å². The predicted molar refractivity (Wildman–Crippen MR) is 64.7 cm³/mol. The molecule has 0 heterocycles. The van der Waals surface area contributed by atoms with Crippen LogP contribution in [0.5, 0.6) is 0 Å². The predicted octanol–water partition coefficient (Wildman–Crippen LogP) is 4.56. The number of fused-ring (bicyclic) bond motifs is 5. The SMILES string of the molecule is C=C1CC[C@]2(C)C[C@H]1[C@]1(C)CCC[C@]21C. The van der Waals surface area contributed by atoms with E-state index in [0.717, 1.165) is 5.92 Å². The summed E-state index contributed by atoms with van der Waals surface area (Å²) in [6.45, 7) is 12.1. The highest BCUT2D eigenvalue weighted by molar-refractivity contribution is 5.26. The molecule has 3 fully saturated rings. The Labute approximate surface area is 94.1 Å². The minimum Gasteiger partial charge on any atom is -0.0996 e. The van der Waals surface area contributed by atoms with Gasteiger partial charge in [0.25, 0.3) is 0 Å². The average Bonchev–Trinajstić information content (AvgIpc) is 2.55. The quantitative estimate of drug-likeness (QED) is 0.507. The van der Waals surface area contributed by atoms with Crippen molar-refractivity contribution in [2.24, 2.45) is 22.2 Å². The van der Waals surface area contributed by atoms with Crippen LogP contribution in [-0.2, 0) is 0 Å². The molecule has 0 unspecified atom stereocenters. The molecule has 0 amide bonds. The lowest BCUT2D eigenvalue weighted by molar-refractivity contribution is 0.0325. The van der Waals surface area contributed by atoms with Crippen LogP contribution in [0.2, 0.25) is 0 Å².